The Morgan fingerprint density at radius 2 is 1.95 bits per heavy atom. The van der Waals surface area contributed by atoms with Gasteiger partial charge in [0.15, 0.2) is 0 Å². The summed E-state index contributed by atoms with van der Waals surface area (Å²) in [5, 5.41) is 3.74. The minimum Gasteiger partial charge on any atom is -0.492 e. The van der Waals surface area contributed by atoms with Gasteiger partial charge in [-0.05, 0) is 42.5 Å². The molecule has 0 aromatic heterocycles. The third-order valence-corrected chi connectivity index (χ3v) is 4.87. The molecule has 2 unspecified atom stereocenters. The van der Waals surface area contributed by atoms with Crippen molar-refractivity contribution >= 4 is 0 Å². The molecule has 0 bridgehead atoms. The second-order valence-electron chi connectivity index (χ2n) is 7.46. The molecule has 2 nitrogen and oxygen atoms in total. The van der Waals surface area contributed by atoms with Crippen LogP contribution in [0.1, 0.15) is 65.1 Å². The van der Waals surface area contributed by atoms with Gasteiger partial charge in [-0.3, -0.25) is 0 Å². The highest BCUT2D eigenvalue weighted by molar-refractivity contribution is 5.46. The van der Waals surface area contributed by atoms with Crippen LogP contribution in [-0.4, -0.2) is 13.2 Å². The fourth-order valence-corrected chi connectivity index (χ4v) is 3.02. The zero-order valence-electron chi connectivity index (χ0n) is 14.5. The lowest BCUT2D eigenvalue weighted by Crippen LogP contribution is -2.30. The van der Waals surface area contributed by atoms with Crippen molar-refractivity contribution in [2.45, 2.75) is 59.4 Å². The van der Waals surface area contributed by atoms with Gasteiger partial charge in [0.1, 0.15) is 5.75 Å². The molecule has 0 radical (unpaired) electrons. The molecule has 21 heavy (non-hydrogen) atoms. The van der Waals surface area contributed by atoms with Gasteiger partial charge >= 0.3 is 0 Å². The van der Waals surface area contributed by atoms with E-state index in [0.29, 0.717) is 17.9 Å². The van der Waals surface area contributed by atoms with Gasteiger partial charge in [0.05, 0.1) is 6.61 Å². The molecule has 0 fully saturated rings. The van der Waals surface area contributed by atoms with E-state index in [1.54, 1.807) is 0 Å². The first-order chi connectivity index (χ1) is 9.86. The molecule has 2 heteroatoms. The van der Waals surface area contributed by atoms with Crippen molar-refractivity contribution in [3.63, 3.8) is 0 Å². The highest BCUT2D eigenvalue weighted by Crippen LogP contribution is 2.40. The van der Waals surface area contributed by atoms with E-state index in [0.717, 1.165) is 18.9 Å². The molecule has 2 atom stereocenters. The Labute approximate surface area is 130 Å². The van der Waals surface area contributed by atoms with Gasteiger partial charge in [-0.15, -0.1) is 0 Å². The van der Waals surface area contributed by atoms with Crippen molar-refractivity contribution < 1.29 is 4.74 Å². The van der Waals surface area contributed by atoms with Gasteiger partial charge in [0.25, 0.3) is 0 Å². The number of benzene rings is 1. The van der Waals surface area contributed by atoms with Crippen molar-refractivity contribution in [2.75, 3.05) is 13.2 Å². The first-order valence-corrected chi connectivity index (χ1v) is 8.37. The summed E-state index contributed by atoms with van der Waals surface area (Å²) in [5.74, 6) is 2.34. The van der Waals surface area contributed by atoms with E-state index in [1.165, 1.54) is 17.5 Å². The largest absolute Gasteiger partial charge is 0.492 e. The maximum Gasteiger partial charge on any atom is 0.123 e. The van der Waals surface area contributed by atoms with Crippen LogP contribution in [0, 0.1) is 11.8 Å². The second kappa shape index (κ2) is 6.39. The highest BCUT2D eigenvalue weighted by atomic mass is 16.5. The highest BCUT2D eigenvalue weighted by Gasteiger charge is 2.33. The minimum absolute atomic E-state index is 0.127. The zero-order chi connectivity index (χ0) is 15.6. The average molecular weight is 289 g/mol. The predicted molar refractivity (Wildman–Crippen MR) is 90.0 cm³/mol. The summed E-state index contributed by atoms with van der Waals surface area (Å²) in [6.45, 7) is 15.6. The Morgan fingerprint density at radius 1 is 1.24 bits per heavy atom. The lowest BCUT2D eigenvalue weighted by Gasteiger charge is -2.29. The van der Waals surface area contributed by atoms with Crippen LogP contribution in [0.3, 0.4) is 0 Å². The van der Waals surface area contributed by atoms with Crippen LogP contribution in [0.5, 0.6) is 5.75 Å². The van der Waals surface area contributed by atoms with Crippen molar-refractivity contribution in [3.8, 4) is 5.75 Å². The molecule has 2 rings (SSSR count). The third kappa shape index (κ3) is 3.42. The van der Waals surface area contributed by atoms with E-state index < -0.39 is 0 Å². The molecule has 1 N–H and O–H groups in total. The van der Waals surface area contributed by atoms with Gasteiger partial charge in [-0.2, -0.15) is 0 Å². The van der Waals surface area contributed by atoms with Crippen molar-refractivity contribution in [2.24, 2.45) is 11.8 Å². The standard InChI is InChI=1S/C19H31NO/c1-7-10-20-18(14(4)13(2)3)15-8-9-17-16(11-15)19(5,6)12-21-17/h8-9,11,13-14,18,20H,7,10,12H2,1-6H3. The molecule has 0 amide bonds. The predicted octanol–water partition coefficient (Wildman–Crippen LogP) is 4.69. The van der Waals surface area contributed by atoms with Gasteiger partial charge in [-0.1, -0.05) is 47.6 Å². The van der Waals surface area contributed by atoms with Crippen LogP contribution in [0.15, 0.2) is 18.2 Å². The molecule has 1 heterocycles. The van der Waals surface area contributed by atoms with Crippen molar-refractivity contribution in [1.29, 1.82) is 0 Å². The summed E-state index contributed by atoms with van der Waals surface area (Å²) < 4.78 is 5.82. The smallest absolute Gasteiger partial charge is 0.123 e. The maximum atomic E-state index is 5.82. The van der Waals surface area contributed by atoms with Gasteiger partial charge in [0.2, 0.25) is 0 Å². The average Bonchev–Trinajstić information content (AvgIpc) is 2.74. The van der Waals surface area contributed by atoms with E-state index in [9.17, 15) is 0 Å². The zero-order valence-corrected chi connectivity index (χ0v) is 14.5. The van der Waals surface area contributed by atoms with Crippen molar-refractivity contribution in [1.82, 2.24) is 5.32 Å². The lowest BCUT2D eigenvalue weighted by atomic mass is 9.82. The SMILES string of the molecule is CCCNC(c1ccc2c(c1)C(C)(C)CO2)C(C)C(C)C. The molecule has 1 aliphatic heterocycles. The maximum absolute atomic E-state index is 5.82. The number of ether oxygens (including phenoxy) is 1. The molecule has 0 saturated carbocycles. The van der Waals surface area contributed by atoms with Crippen molar-refractivity contribution in [3.05, 3.63) is 29.3 Å². The number of nitrogens with one attached hydrogen (secondary N) is 1. The van der Waals surface area contributed by atoms with Crippen LogP contribution in [0.25, 0.3) is 0 Å². The Bertz CT molecular complexity index is 478. The first-order valence-electron chi connectivity index (χ1n) is 8.37. The lowest BCUT2D eigenvalue weighted by molar-refractivity contribution is 0.291. The van der Waals surface area contributed by atoms with E-state index >= 15 is 0 Å². The molecule has 1 aliphatic rings. The monoisotopic (exact) mass is 289 g/mol. The summed E-state index contributed by atoms with van der Waals surface area (Å²) in [6.07, 6.45) is 1.17. The molecule has 1 aromatic carbocycles. The third-order valence-electron chi connectivity index (χ3n) is 4.87. The molecule has 1 aromatic rings. The Kier molecular flexibility index (Phi) is 4.98. The number of rotatable bonds is 6. The quantitative estimate of drug-likeness (QED) is 0.820. The molecule has 0 saturated heterocycles. The van der Waals surface area contributed by atoms with E-state index in [1.807, 2.05) is 0 Å². The fourth-order valence-electron chi connectivity index (χ4n) is 3.02. The summed E-state index contributed by atoms with van der Waals surface area (Å²) >= 11 is 0. The normalized spacial score (nSPS) is 19.2. The van der Waals surface area contributed by atoms with Gasteiger partial charge in [0, 0.05) is 17.0 Å². The second-order valence-corrected chi connectivity index (χ2v) is 7.46. The molecule has 118 valence electrons. The van der Waals surface area contributed by atoms with E-state index in [-0.39, 0.29) is 5.41 Å². The summed E-state index contributed by atoms with van der Waals surface area (Å²) in [5.41, 5.74) is 2.89. The number of fused-ring (bicyclic) bond motifs is 1. The number of hydrogen-bond donors (Lipinski definition) is 1. The first kappa shape index (κ1) is 16.4. The molecule has 0 spiro atoms. The summed E-state index contributed by atoms with van der Waals surface area (Å²) in [4.78, 5) is 0. The minimum atomic E-state index is 0.127. The van der Waals surface area contributed by atoms with Crippen LogP contribution >= 0.6 is 0 Å². The van der Waals surface area contributed by atoms with Crippen LogP contribution in [0.2, 0.25) is 0 Å². The van der Waals surface area contributed by atoms with E-state index in [2.05, 4.69) is 65.1 Å². The molecular formula is C19H31NO. The van der Waals surface area contributed by atoms with E-state index in [4.69, 9.17) is 4.74 Å². The van der Waals surface area contributed by atoms with Crippen LogP contribution < -0.4 is 10.1 Å². The number of hydrogen-bond acceptors (Lipinski definition) is 2. The Morgan fingerprint density at radius 3 is 2.57 bits per heavy atom. The fraction of sp³-hybridized carbons (Fsp3) is 0.684. The summed E-state index contributed by atoms with van der Waals surface area (Å²) in [7, 11) is 0. The van der Waals surface area contributed by atoms with Crippen LogP contribution in [0.4, 0.5) is 0 Å². The molecular weight excluding hydrogens is 258 g/mol. The summed E-state index contributed by atoms with van der Waals surface area (Å²) in [6, 6.07) is 7.19. The molecule has 0 aliphatic carbocycles. The van der Waals surface area contributed by atoms with Gasteiger partial charge < -0.3 is 10.1 Å². The topological polar surface area (TPSA) is 21.3 Å². The van der Waals surface area contributed by atoms with Gasteiger partial charge in [-0.25, -0.2) is 0 Å². The Balaban J connectivity index is 2.32. The van der Waals surface area contributed by atoms with Crippen LogP contribution in [-0.2, 0) is 5.41 Å². The Hall–Kier alpha value is -1.02.